The number of aryl methyl sites for hydroxylation is 1. The van der Waals surface area contributed by atoms with E-state index in [9.17, 15) is 9.59 Å². The largest absolute Gasteiger partial charge is 0.461 e. The highest BCUT2D eigenvalue weighted by molar-refractivity contribution is 9.10. The van der Waals surface area contributed by atoms with Crippen molar-refractivity contribution in [2.45, 2.75) is 20.4 Å². The molecular weight excluding hydrogens is 404 g/mol. The summed E-state index contributed by atoms with van der Waals surface area (Å²) in [5.41, 5.74) is 2.19. The number of esters is 1. The van der Waals surface area contributed by atoms with Gasteiger partial charge in [0, 0.05) is 9.86 Å². The molecule has 0 bridgehead atoms. The van der Waals surface area contributed by atoms with Crippen LogP contribution in [0, 0.1) is 6.92 Å². The quantitative estimate of drug-likeness (QED) is 0.613. The Hall–Kier alpha value is -2.12. The molecule has 3 aromatic rings. The molecule has 0 saturated carbocycles. The first-order valence-electron chi connectivity index (χ1n) is 7.79. The van der Waals surface area contributed by atoms with Crippen molar-refractivity contribution in [1.29, 1.82) is 0 Å². The van der Waals surface area contributed by atoms with Crippen molar-refractivity contribution in [2.75, 3.05) is 11.9 Å². The van der Waals surface area contributed by atoms with Crippen LogP contribution in [0.4, 0.5) is 5.69 Å². The SMILES string of the molecule is CCOC(=O)c1cc2ccsc2n1CC(=O)Nc1ccc(C)cc1Br. The molecular formula is C18H17BrN2O3S. The van der Waals surface area contributed by atoms with Gasteiger partial charge in [0.05, 0.1) is 12.3 Å². The number of nitrogens with zero attached hydrogens (tertiary/aromatic N) is 1. The van der Waals surface area contributed by atoms with E-state index in [2.05, 4.69) is 21.2 Å². The number of thiophene rings is 1. The maximum atomic E-state index is 12.5. The van der Waals surface area contributed by atoms with Crippen LogP contribution < -0.4 is 5.32 Å². The summed E-state index contributed by atoms with van der Waals surface area (Å²) in [6, 6.07) is 9.40. The van der Waals surface area contributed by atoms with Gasteiger partial charge in [-0.1, -0.05) is 6.07 Å². The van der Waals surface area contributed by atoms with Crippen LogP contribution >= 0.6 is 27.3 Å². The number of carbonyl (C=O) groups excluding carboxylic acids is 2. The first kappa shape index (κ1) is 17.7. The van der Waals surface area contributed by atoms with E-state index in [-0.39, 0.29) is 12.5 Å². The summed E-state index contributed by atoms with van der Waals surface area (Å²) in [7, 11) is 0. The highest BCUT2D eigenvalue weighted by atomic mass is 79.9. The number of anilines is 1. The number of benzene rings is 1. The van der Waals surface area contributed by atoms with E-state index in [1.165, 1.54) is 11.3 Å². The van der Waals surface area contributed by atoms with Gasteiger partial charge in [0.2, 0.25) is 5.91 Å². The average Bonchev–Trinajstić information content (AvgIpc) is 3.13. The summed E-state index contributed by atoms with van der Waals surface area (Å²) < 4.78 is 7.63. The summed E-state index contributed by atoms with van der Waals surface area (Å²) >= 11 is 4.94. The predicted octanol–water partition coefficient (Wildman–Crippen LogP) is 4.59. The van der Waals surface area contributed by atoms with Gasteiger partial charge in [-0.2, -0.15) is 0 Å². The molecule has 2 aromatic heterocycles. The lowest BCUT2D eigenvalue weighted by Gasteiger charge is -2.11. The minimum Gasteiger partial charge on any atom is -0.461 e. The number of ether oxygens (including phenoxy) is 1. The Bertz CT molecular complexity index is 945. The van der Waals surface area contributed by atoms with Crippen LogP contribution in [0.15, 0.2) is 40.2 Å². The van der Waals surface area contributed by atoms with Crippen molar-refractivity contribution in [3.63, 3.8) is 0 Å². The summed E-state index contributed by atoms with van der Waals surface area (Å²) in [4.78, 5) is 25.6. The zero-order valence-corrected chi connectivity index (χ0v) is 16.2. The number of nitrogens with one attached hydrogen (secondary N) is 1. The number of fused-ring (bicyclic) bond motifs is 1. The van der Waals surface area contributed by atoms with Crippen molar-refractivity contribution < 1.29 is 14.3 Å². The molecule has 1 N–H and O–H groups in total. The molecule has 0 fully saturated rings. The van der Waals surface area contributed by atoms with Gasteiger partial charge in [0.25, 0.3) is 0 Å². The zero-order valence-electron chi connectivity index (χ0n) is 13.8. The molecule has 0 spiro atoms. The number of hydrogen-bond acceptors (Lipinski definition) is 4. The number of halogens is 1. The maximum absolute atomic E-state index is 12.5. The van der Waals surface area contributed by atoms with E-state index in [1.54, 1.807) is 17.6 Å². The lowest BCUT2D eigenvalue weighted by molar-refractivity contribution is -0.116. The summed E-state index contributed by atoms with van der Waals surface area (Å²) in [6.07, 6.45) is 0. The Morgan fingerprint density at radius 3 is 2.80 bits per heavy atom. The van der Waals surface area contributed by atoms with Gasteiger partial charge in [0.1, 0.15) is 17.1 Å². The Labute approximate surface area is 157 Å². The van der Waals surface area contributed by atoms with Crippen LogP contribution in [-0.2, 0) is 16.1 Å². The number of rotatable bonds is 5. The topological polar surface area (TPSA) is 60.3 Å². The van der Waals surface area contributed by atoms with Gasteiger partial charge in [-0.3, -0.25) is 4.79 Å². The highest BCUT2D eigenvalue weighted by Gasteiger charge is 2.19. The van der Waals surface area contributed by atoms with E-state index in [0.717, 1.165) is 20.3 Å². The summed E-state index contributed by atoms with van der Waals surface area (Å²) in [6.45, 7) is 4.07. The first-order valence-corrected chi connectivity index (χ1v) is 9.46. The molecule has 0 saturated heterocycles. The van der Waals surface area contributed by atoms with Crippen molar-refractivity contribution in [3.05, 3.63) is 51.4 Å². The number of aromatic nitrogens is 1. The second-order valence-corrected chi connectivity index (χ2v) is 7.30. The molecule has 0 radical (unpaired) electrons. The van der Waals surface area contributed by atoms with Crippen molar-refractivity contribution >= 4 is 55.0 Å². The predicted molar refractivity (Wildman–Crippen MR) is 103 cm³/mol. The second kappa shape index (κ2) is 7.41. The minimum atomic E-state index is -0.421. The van der Waals surface area contributed by atoms with Crippen LogP contribution in [0.5, 0.6) is 0 Å². The monoisotopic (exact) mass is 420 g/mol. The summed E-state index contributed by atoms with van der Waals surface area (Å²) in [5.74, 6) is -0.629. The lowest BCUT2D eigenvalue weighted by Crippen LogP contribution is -2.22. The molecule has 0 unspecified atom stereocenters. The number of hydrogen-bond donors (Lipinski definition) is 1. The summed E-state index contributed by atoms with van der Waals surface area (Å²) in [5, 5.41) is 5.74. The van der Waals surface area contributed by atoms with Gasteiger partial charge < -0.3 is 14.6 Å². The fourth-order valence-corrected chi connectivity index (χ4v) is 4.05. The van der Waals surface area contributed by atoms with Crippen molar-refractivity contribution in [3.8, 4) is 0 Å². The normalized spacial score (nSPS) is 10.8. The molecule has 0 aliphatic rings. The number of amides is 1. The van der Waals surface area contributed by atoms with Crippen molar-refractivity contribution in [1.82, 2.24) is 4.57 Å². The van der Waals surface area contributed by atoms with Gasteiger partial charge in [-0.05, 0) is 65.0 Å². The van der Waals surface area contributed by atoms with E-state index >= 15 is 0 Å². The molecule has 1 amide bonds. The third-order valence-corrected chi connectivity index (χ3v) is 5.29. The maximum Gasteiger partial charge on any atom is 0.355 e. The molecule has 0 aliphatic heterocycles. The molecule has 0 aliphatic carbocycles. The van der Waals surface area contributed by atoms with E-state index in [4.69, 9.17) is 4.74 Å². The van der Waals surface area contributed by atoms with E-state index in [0.29, 0.717) is 18.0 Å². The standard InChI is InChI=1S/C18H17BrN2O3S/c1-3-24-18(23)15-9-12-6-7-25-17(12)21(15)10-16(22)20-14-5-4-11(2)8-13(14)19/h4-9H,3,10H2,1-2H3,(H,20,22). The van der Waals surface area contributed by atoms with Gasteiger partial charge in [0.15, 0.2) is 0 Å². The average molecular weight is 421 g/mol. The van der Waals surface area contributed by atoms with Gasteiger partial charge in [-0.25, -0.2) is 4.79 Å². The molecule has 7 heteroatoms. The minimum absolute atomic E-state index is 0.0402. The lowest BCUT2D eigenvalue weighted by atomic mass is 10.2. The molecule has 3 rings (SSSR count). The van der Waals surface area contributed by atoms with Crippen LogP contribution in [0.1, 0.15) is 23.0 Å². The Balaban J connectivity index is 1.86. The third kappa shape index (κ3) is 3.77. The molecule has 5 nitrogen and oxygen atoms in total. The van der Waals surface area contributed by atoms with Gasteiger partial charge in [-0.15, -0.1) is 11.3 Å². The molecule has 130 valence electrons. The van der Waals surface area contributed by atoms with Gasteiger partial charge >= 0.3 is 5.97 Å². The highest BCUT2D eigenvalue weighted by Crippen LogP contribution is 2.27. The first-order chi connectivity index (χ1) is 12.0. The molecule has 0 atom stereocenters. The molecule has 2 heterocycles. The molecule has 1 aromatic carbocycles. The number of carbonyl (C=O) groups is 2. The fraction of sp³-hybridized carbons (Fsp3) is 0.222. The molecule has 25 heavy (non-hydrogen) atoms. The Morgan fingerprint density at radius 1 is 1.28 bits per heavy atom. The van der Waals surface area contributed by atoms with Crippen LogP contribution in [0.3, 0.4) is 0 Å². The zero-order chi connectivity index (χ0) is 18.0. The van der Waals surface area contributed by atoms with E-state index < -0.39 is 5.97 Å². The van der Waals surface area contributed by atoms with Crippen LogP contribution in [0.25, 0.3) is 10.2 Å². The van der Waals surface area contributed by atoms with Crippen molar-refractivity contribution in [2.24, 2.45) is 0 Å². The fourth-order valence-electron chi connectivity index (χ4n) is 2.56. The smallest absolute Gasteiger partial charge is 0.355 e. The third-order valence-electron chi connectivity index (χ3n) is 3.69. The van der Waals surface area contributed by atoms with Crippen LogP contribution in [0.2, 0.25) is 0 Å². The second-order valence-electron chi connectivity index (χ2n) is 5.55. The Morgan fingerprint density at radius 2 is 2.08 bits per heavy atom. The Kier molecular flexibility index (Phi) is 5.24. The van der Waals surface area contributed by atoms with E-state index in [1.807, 2.05) is 36.6 Å². The van der Waals surface area contributed by atoms with Crippen LogP contribution in [-0.4, -0.2) is 23.1 Å².